The number of benzene rings is 2. The molecule has 162 valence electrons. The largest absolute Gasteiger partial charge is 0.487 e. The number of halogens is 3. The smallest absolute Gasteiger partial charge is 0.246 e. The Morgan fingerprint density at radius 1 is 1.19 bits per heavy atom. The molecule has 1 saturated heterocycles. The molecule has 0 N–H and O–H groups in total. The van der Waals surface area contributed by atoms with Gasteiger partial charge < -0.3 is 19.4 Å². The molecule has 8 heteroatoms. The van der Waals surface area contributed by atoms with Crippen molar-refractivity contribution in [3.63, 3.8) is 0 Å². The number of hydrogen-bond acceptors (Lipinski definition) is 4. The lowest BCUT2D eigenvalue weighted by Gasteiger charge is -2.27. The Kier molecular flexibility index (Phi) is 6.13. The summed E-state index contributed by atoms with van der Waals surface area (Å²) in [5.41, 5.74) is 1.28. The summed E-state index contributed by atoms with van der Waals surface area (Å²) in [6.45, 7) is 5.62. The number of nitrogens with zero attached hydrogens (tertiary/aromatic N) is 3. The highest BCUT2D eigenvalue weighted by atomic mass is 35.5. The molecule has 0 spiro atoms. The van der Waals surface area contributed by atoms with Gasteiger partial charge in [0.05, 0.1) is 11.7 Å². The fourth-order valence-corrected chi connectivity index (χ4v) is 4.05. The van der Waals surface area contributed by atoms with E-state index in [-0.39, 0.29) is 18.6 Å². The highest BCUT2D eigenvalue weighted by Gasteiger charge is 2.30. The van der Waals surface area contributed by atoms with Crippen LogP contribution in [-0.2, 0) is 11.4 Å². The molecule has 0 unspecified atom stereocenters. The van der Waals surface area contributed by atoms with Crippen molar-refractivity contribution in [2.75, 3.05) is 24.7 Å². The van der Waals surface area contributed by atoms with Gasteiger partial charge in [0.25, 0.3) is 0 Å². The molecular formula is C23H22ClF2N3O2. The van der Waals surface area contributed by atoms with E-state index in [1.165, 1.54) is 18.2 Å². The van der Waals surface area contributed by atoms with Crippen molar-refractivity contribution < 1.29 is 18.3 Å². The van der Waals surface area contributed by atoms with Crippen molar-refractivity contribution in [1.82, 2.24) is 9.80 Å². The van der Waals surface area contributed by atoms with E-state index in [0.717, 1.165) is 24.7 Å². The van der Waals surface area contributed by atoms with Crippen molar-refractivity contribution >= 4 is 23.2 Å². The van der Waals surface area contributed by atoms with Gasteiger partial charge in [-0.1, -0.05) is 18.2 Å². The number of rotatable bonds is 6. The summed E-state index contributed by atoms with van der Waals surface area (Å²) < 4.78 is 32.3. The average Bonchev–Trinajstić information content (AvgIpc) is 3.41. The zero-order valence-corrected chi connectivity index (χ0v) is 17.6. The van der Waals surface area contributed by atoms with Gasteiger partial charge >= 0.3 is 0 Å². The molecule has 31 heavy (non-hydrogen) atoms. The van der Waals surface area contributed by atoms with Gasteiger partial charge in [-0.25, -0.2) is 8.78 Å². The molecule has 2 aliphatic heterocycles. The third-order valence-corrected chi connectivity index (χ3v) is 5.73. The second-order valence-electron chi connectivity index (χ2n) is 7.54. The number of carbonyl (C=O) groups excluding carboxylic acids is 1. The molecule has 1 amide bonds. The summed E-state index contributed by atoms with van der Waals surface area (Å²) in [4.78, 5) is 17.9. The van der Waals surface area contributed by atoms with E-state index in [1.54, 1.807) is 12.1 Å². The summed E-state index contributed by atoms with van der Waals surface area (Å²) in [5.74, 6) is -0.898. The molecule has 2 aromatic carbocycles. The molecule has 1 atom stereocenters. The summed E-state index contributed by atoms with van der Waals surface area (Å²) in [5, 5.41) is 0.407. The van der Waals surface area contributed by atoms with Crippen molar-refractivity contribution in [3.8, 4) is 5.75 Å². The van der Waals surface area contributed by atoms with Gasteiger partial charge in [-0.05, 0) is 48.4 Å². The maximum atomic E-state index is 13.3. The molecule has 0 bridgehead atoms. The van der Waals surface area contributed by atoms with Gasteiger partial charge in [-0.15, -0.1) is 0 Å². The molecule has 0 saturated carbocycles. The van der Waals surface area contributed by atoms with Crippen molar-refractivity contribution in [2.24, 2.45) is 0 Å². The van der Waals surface area contributed by atoms with E-state index in [2.05, 4.69) is 16.4 Å². The molecule has 2 aromatic rings. The molecule has 1 fully saturated rings. The van der Waals surface area contributed by atoms with Gasteiger partial charge in [0.2, 0.25) is 5.91 Å². The number of likely N-dealkylation sites (tertiary alicyclic amines) is 1. The van der Waals surface area contributed by atoms with Gasteiger partial charge in [0, 0.05) is 43.3 Å². The molecule has 2 aliphatic rings. The van der Waals surface area contributed by atoms with E-state index in [1.807, 2.05) is 23.4 Å². The Labute approximate surface area is 184 Å². The first-order valence-electron chi connectivity index (χ1n) is 9.92. The van der Waals surface area contributed by atoms with Crippen LogP contribution in [0.15, 0.2) is 61.5 Å². The van der Waals surface area contributed by atoms with Crippen molar-refractivity contribution in [3.05, 3.63) is 83.7 Å². The first kappa shape index (κ1) is 21.2. The fourth-order valence-electron chi connectivity index (χ4n) is 3.82. The maximum Gasteiger partial charge on any atom is 0.246 e. The van der Waals surface area contributed by atoms with E-state index < -0.39 is 11.6 Å². The first-order valence-corrected chi connectivity index (χ1v) is 10.3. The monoisotopic (exact) mass is 445 g/mol. The lowest BCUT2D eigenvalue weighted by Crippen LogP contribution is -2.37. The van der Waals surface area contributed by atoms with Crippen LogP contribution in [-0.4, -0.2) is 41.5 Å². The Morgan fingerprint density at radius 3 is 2.68 bits per heavy atom. The van der Waals surface area contributed by atoms with Gasteiger partial charge in [-0.3, -0.25) is 4.79 Å². The molecular weight excluding hydrogens is 424 g/mol. The van der Waals surface area contributed by atoms with Crippen LogP contribution in [0.2, 0.25) is 5.02 Å². The molecule has 5 nitrogen and oxygen atoms in total. The standard InChI is InChI=1S/C23H22ClF2N3O2/c1-2-23(30)27-6-5-20(13-27)29-8-7-28(15-29)19-3-4-22(21(24)12-19)31-14-16-9-17(25)11-18(26)10-16/h2-4,7-12,20H,1,5-6,13-15H2/t20-/m1/s1. The first-order chi connectivity index (χ1) is 14.9. The third-order valence-electron chi connectivity index (χ3n) is 5.44. The van der Waals surface area contributed by atoms with E-state index in [9.17, 15) is 13.6 Å². The summed E-state index contributed by atoms with van der Waals surface area (Å²) in [6.07, 6.45) is 6.25. The zero-order valence-electron chi connectivity index (χ0n) is 16.8. The van der Waals surface area contributed by atoms with Gasteiger partial charge in [0.1, 0.15) is 24.0 Å². The van der Waals surface area contributed by atoms with Crippen LogP contribution in [0.4, 0.5) is 14.5 Å². The molecule has 0 aromatic heterocycles. The van der Waals surface area contributed by atoms with Gasteiger partial charge in [0.15, 0.2) is 0 Å². The van der Waals surface area contributed by atoms with E-state index in [0.29, 0.717) is 29.5 Å². The Balaban J connectivity index is 1.36. The number of carbonyl (C=O) groups is 1. The Hall–Kier alpha value is -3.06. The van der Waals surface area contributed by atoms with E-state index in [4.69, 9.17) is 16.3 Å². The molecule has 0 aliphatic carbocycles. The molecule has 2 heterocycles. The lowest BCUT2D eigenvalue weighted by molar-refractivity contribution is -0.125. The quantitative estimate of drug-likeness (QED) is 0.612. The molecule has 0 radical (unpaired) electrons. The Morgan fingerprint density at radius 2 is 1.97 bits per heavy atom. The number of amides is 1. The lowest BCUT2D eigenvalue weighted by atomic mass is 10.2. The summed E-state index contributed by atoms with van der Waals surface area (Å²) in [7, 11) is 0. The number of anilines is 1. The summed E-state index contributed by atoms with van der Waals surface area (Å²) >= 11 is 6.38. The summed E-state index contributed by atoms with van der Waals surface area (Å²) in [6, 6.07) is 8.93. The average molecular weight is 446 g/mol. The van der Waals surface area contributed by atoms with Crippen LogP contribution in [0.3, 0.4) is 0 Å². The minimum atomic E-state index is -0.648. The van der Waals surface area contributed by atoms with Crippen LogP contribution < -0.4 is 9.64 Å². The van der Waals surface area contributed by atoms with Gasteiger partial charge in [-0.2, -0.15) is 0 Å². The van der Waals surface area contributed by atoms with Crippen LogP contribution >= 0.6 is 11.6 Å². The Bertz CT molecular complexity index is 1010. The highest BCUT2D eigenvalue weighted by Crippen LogP contribution is 2.32. The highest BCUT2D eigenvalue weighted by molar-refractivity contribution is 6.32. The maximum absolute atomic E-state index is 13.3. The minimum Gasteiger partial charge on any atom is -0.487 e. The third kappa shape index (κ3) is 4.82. The van der Waals surface area contributed by atoms with E-state index >= 15 is 0 Å². The van der Waals surface area contributed by atoms with Crippen LogP contribution in [0, 0.1) is 11.6 Å². The van der Waals surface area contributed by atoms with Crippen LogP contribution in [0.5, 0.6) is 5.75 Å². The van der Waals surface area contributed by atoms with Crippen molar-refractivity contribution in [1.29, 1.82) is 0 Å². The fraction of sp³-hybridized carbons (Fsp3) is 0.261. The zero-order chi connectivity index (χ0) is 22.0. The normalized spacial score (nSPS) is 18.0. The predicted octanol–water partition coefficient (Wildman–Crippen LogP) is 4.53. The number of ether oxygens (including phenoxy) is 1. The minimum absolute atomic E-state index is 0.00670. The second-order valence-corrected chi connectivity index (χ2v) is 7.94. The number of hydrogen-bond donors (Lipinski definition) is 0. The SMILES string of the molecule is C=CC(=O)N1CC[C@@H](N2C=CN(c3ccc(OCc4cc(F)cc(F)c4)c(Cl)c3)C2)C1. The predicted molar refractivity (Wildman–Crippen MR) is 116 cm³/mol. The molecule has 4 rings (SSSR count). The van der Waals surface area contributed by atoms with Crippen LogP contribution in [0.1, 0.15) is 12.0 Å². The topological polar surface area (TPSA) is 36.0 Å². The van der Waals surface area contributed by atoms with Crippen LogP contribution in [0.25, 0.3) is 0 Å². The van der Waals surface area contributed by atoms with Crippen molar-refractivity contribution in [2.45, 2.75) is 19.1 Å². The second kappa shape index (κ2) is 8.98.